The number of hydrogen-bond donors (Lipinski definition) is 2. The van der Waals surface area contributed by atoms with E-state index in [1.54, 1.807) is 6.08 Å². The molecule has 88 valence electrons. The van der Waals surface area contributed by atoms with Gasteiger partial charge in [0.05, 0.1) is 6.04 Å². The van der Waals surface area contributed by atoms with E-state index >= 15 is 0 Å². The minimum absolute atomic E-state index is 0.268. The highest BCUT2D eigenvalue weighted by atomic mass is 19.4. The van der Waals surface area contributed by atoms with Crippen LogP contribution >= 0.6 is 0 Å². The zero-order valence-electron chi connectivity index (χ0n) is 8.29. The summed E-state index contributed by atoms with van der Waals surface area (Å²) < 4.78 is 39.3. The van der Waals surface area contributed by atoms with Crippen LogP contribution in [0, 0.1) is 0 Å². The summed E-state index contributed by atoms with van der Waals surface area (Å²) in [6.07, 6.45) is -3.13. The van der Waals surface area contributed by atoms with Gasteiger partial charge in [-0.3, -0.25) is 5.84 Å². The fourth-order valence-electron chi connectivity index (χ4n) is 1.18. The molecule has 0 bridgehead atoms. The second kappa shape index (κ2) is 5.00. The SMILES string of the molecule is C=CC(NN)c1ccc(OC(F)(F)F)cc1. The topological polar surface area (TPSA) is 47.3 Å². The summed E-state index contributed by atoms with van der Waals surface area (Å²) in [7, 11) is 0. The van der Waals surface area contributed by atoms with Crippen LogP contribution in [0.25, 0.3) is 0 Å². The second-order valence-electron chi connectivity index (χ2n) is 3.00. The van der Waals surface area contributed by atoms with Gasteiger partial charge in [0.25, 0.3) is 0 Å². The predicted molar refractivity (Wildman–Crippen MR) is 53.4 cm³/mol. The Morgan fingerprint density at radius 3 is 2.25 bits per heavy atom. The first-order valence-electron chi connectivity index (χ1n) is 4.40. The number of benzene rings is 1. The predicted octanol–water partition coefficient (Wildman–Crippen LogP) is 2.28. The third-order valence-electron chi connectivity index (χ3n) is 1.89. The van der Waals surface area contributed by atoms with Crippen molar-refractivity contribution in [3.63, 3.8) is 0 Å². The first-order chi connectivity index (χ1) is 7.46. The molecule has 0 spiro atoms. The summed E-state index contributed by atoms with van der Waals surface area (Å²) >= 11 is 0. The molecule has 0 amide bonds. The van der Waals surface area contributed by atoms with Crippen molar-refractivity contribution in [3.05, 3.63) is 42.5 Å². The van der Waals surface area contributed by atoms with E-state index in [0.717, 1.165) is 0 Å². The van der Waals surface area contributed by atoms with Crippen molar-refractivity contribution in [2.24, 2.45) is 5.84 Å². The minimum atomic E-state index is -4.68. The largest absolute Gasteiger partial charge is 0.573 e. The van der Waals surface area contributed by atoms with Gasteiger partial charge < -0.3 is 4.74 Å². The van der Waals surface area contributed by atoms with Crippen LogP contribution in [0.15, 0.2) is 36.9 Å². The van der Waals surface area contributed by atoms with Gasteiger partial charge in [0.1, 0.15) is 5.75 Å². The van der Waals surface area contributed by atoms with Gasteiger partial charge in [-0.05, 0) is 17.7 Å². The summed E-state index contributed by atoms with van der Waals surface area (Å²) in [5.74, 6) is 4.96. The summed E-state index contributed by atoms with van der Waals surface area (Å²) in [5, 5.41) is 0. The minimum Gasteiger partial charge on any atom is -0.406 e. The highest BCUT2D eigenvalue weighted by Gasteiger charge is 2.30. The van der Waals surface area contributed by atoms with Crippen molar-refractivity contribution in [1.82, 2.24) is 5.43 Å². The second-order valence-corrected chi connectivity index (χ2v) is 3.00. The number of hydrazine groups is 1. The van der Waals surface area contributed by atoms with Gasteiger partial charge in [-0.25, -0.2) is 5.43 Å². The van der Waals surface area contributed by atoms with E-state index in [1.165, 1.54) is 24.3 Å². The van der Waals surface area contributed by atoms with E-state index in [2.05, 4.69) is 16.7 Å². The maximum atomic E-state index is 11.9. The Hall–Kier alpha value is -1.53. The number of nitrogens with one attached hydrogen (secondary N) is 1. The zero-order valence-corrected chi connectivity index (χ0v) is 8.29. The molecule has 1 unspecified atom stereocenters. The first-order valence-corrected chi connectivity index (χ1v) is 4.40. The third kappa shape index (κ3) is 3.56. The number of alkyl halides is 3. The van der Waals surface area contributed by atoms with E-state index in [1.807, 2.05) is 0 Å². The smallest absolute Gasteiger partial charge is 0.406 e. The number of nitrogens with two attached hydrogens (primary N) is 1. The summed E-state index contributed by atoms with van der Waals surface area (Å²) in [4.78, 5) is 0. The quantitative estimate of drug-likeness (QED) is 0.475. The molecule has 0 aromatic heterocycles. The molecular formula is C10H11F3N2O. The molecule has 3 N–H and O–H groups in total. The fourth-order valence-corrected chi connectivity index (χ4v) is 1.18. The molecule has 1 rings (SSSR count). The molecule has 0 aliphatic heterocycles. The lowest BCUT2D eigenvalue weighted by Gasteiger charge is -2.13. The molecule has 0 heterocycles. The van der Waals surface area contributed by atoms with E-state index in [0.29, 0.717) is 5.56 Å². The van der Waals surface area contributed by atoms with E-state index < -0.39 is 6.36 Å². The molecule has 1 aromatic carbocycles. The average Bonchev–Trinajstić information content (AvgIpc) is 2.20. The Morgan fingerprint density at radius 1 is 1.31 bits per heavy atom. The van der Waals surface area contributed by atoms with E-state index in [9.17, 15) is 13.2 Å². The van der Waals surface area contributed by atoms with Gasteiger partial charge in [-0.1, -0.05) is 18.2 Å². The number of halogens is 3. The molecule has 0 fully saturated rings. The number of rotatable bonds is 4. The lowest BCUT2D eigenvalue weighted by atomic mass is 10.1. The zero-order chi connectivity index (χ0) is 12.2. The molecule has 0 saturated heterocycles. The van der Waals surface area contributed by atoms with Crippen molar-refractivity contribution in [3.8, 4) is 5.75 Å². The number of hydrogen-bond acceptors (Lipinski definition) is 3. The van der Waals surface area contributed by atoms with Crippen molar-refractivity contribution in [2.75, 3.05) is 0 Å². The van der Waals surface area contributed by atoms with Crippen molar-refractivity contribution in [1.29, 1.82) is 0 Å². The Kier molecular flexibility index (Phi) is 3.92. The molecule has 0 aliphatic carbocycles. The molecule has 0 saturated carbocycles. The molecule has 6 heteroatoms. The van der Waals surface area contributed by atoms with E-state index in [4.69, 9.17) is 5.84 Å². The van der Waals surface area contributed by atoms with Crippen LogP contribution < -0.4 is 16.0 Å². The first kappa shape index (κ1) is 12.5. The molecule has 16 heavy (non-hydrogen) atoms. The maximum Gasteiger partial charge on any atom is 0.573 e. The van der Waals surface area contributed by atoms with Gasteiger partial charge in [0.15, 0.2) is 0 Å². The highest BCUT2D eigenvalue weighted by Crippen LogP contribution is 2.24. The van der Waals surface area contributed by atoms with Crippen LogP contribution in [0.2, 0.25) is 0 Å². The van der Waals surface area contributed by atoms with Crippen LogP contribution in [0.5, 0.6) is 5.75 Å². The fraction of sp³-hybridized carbons (Fsp3) is 0.200. The Labute approximate surface area is 90.7 Å². The Morgan fingerprint density at radius 2 is 1.88 bits per heavy atom. The molecule has 0 radical (unpaired) electrons. The molecule has 1 atom stereocenters. The highest BCUT2D eigenvalue weighted by molar-refractivity contribution is 5.30. The monoisotopic (exact) mass is 232 g/mol. The molecule has 1 aromatic rings. The van der Waals surface area contributed by atoms with Gasteiger partial charge in [0, 0.05) is 0 Å². The van der Waals surface area contributed by atoms with Gasteiger partial charge in [-0.15, -0.1) is 19.8 Å². The third-order valence-corrected chi connectivity index (χ3v) is 1.89. The Bertz CT molecular complexity index is 348. The van der Waals surface area contributed by atoms with Crippen LogP contribution in [0.4, 0.5) is 13.2 Å². The van der Waals surface area contributed by atoms with Gasteiger partial charge >= 0.3 is 6.36 Å². The van der Waals surface area contributed by atoms with Crippen molar-refractivity contribution >= 4 is 0 Å². The van der Waals surface area contributed by atoms with Crippen LogP contribution in [0.3, 0.4) is 0 Å². The van der Waals surface area contributed by atoms with Crippen LogP contribution in [-0.2, 0) is 0 Å². The molecule has 3 nitrogen and oxygen atoms in total. The van der Waals surface area contributed by atoms with E-state index in [-0.39, 0.29) is 11.8 Å². The average molecular weight is 232 g/mol. The normalized spacial score (nSPS) is 13.2. The lowest BCUT2D eigenvalue weighted by Crippen LogP contribution is -2.26. The summed E-state index contributed by atoms with van der Waals surface area (Å²) in [5.41, 5.74) is 3.16. The van der Waals surface area contributed by atoms with Gasteiger partial charge in [0.2, 0.25) is 0 Å². The van der Waals surface area contributed by atoms with Crippen molar-refractivity contribution < 1.29 is 17.9 Å². The summed E-state index contributed by atoms with van der Waals surface area (Å²) in [6, 6.07) is 5.09. The molecule has 0 aliphatic rings. The van der Waals surface area contributed by atoms with Gasteiger partial charge in [-0.2, -0.15) is 0 Å². The molecular weight excluding hydrogens is 221 g/mol. The number of ether oxygens (including phenoxy) is 1. The standard InChI is InChI=1S/C10H11F3N2O/c1-2-9(15-14)7-3-5-8(6-4-7)16-10(11,12)13/h2-6,9,15H,1,14H2. The van der Waals surface area contributed by atoms with Crippen LogP contribution in [0.1, 0.15) is 11.6 Å². The lowest BCUT2D eigenvalue weighted by molar-refractivity contribution is -0.274. The maximum absolute atomic E-state index is 11.9. The van der Waals surface area contributed by atoms with Crippen LogP contribution in [-0.4, -0.2) is 6.36 Å². The summed E-state index contributed by atoms with van der Waals surface area (Å²) in [6.45, 7) is 3.54. The van der Waals surface area contributed by atoms with Crippen molar-refractivity contribution in [2.45, 2.75) is 12.4 Å². The Balaban J connectivity index is 2.78.